The fourth-order valence-corrected chi connectivity index (χ4v) is 4.60. The average Bonchev–Trinajstić information content (AvgIpc) is 3.13. The van der Waals surface area contributed by atoms with E-state index < -0.39 is 0 Å². The molecular weight excluding hydrogens is 280 g/mol. The highest BCUT2D eigenvalue weighted by Gasteiger charge is 2.36. The number of hydrogen-bond donors (Lipinski definition) is 0. The summed E-state index contributed by atoms with van der Waals surface area (Å²) in [4.78, 5) is 2.65. The molecule has 1 fully saturated rings. The van der Waals surface area contributed by atoms with Crippen molar-refractivity contribution in [3.8, 4) is 0 Å². The minimum Gasteiger partial charge on any atom is -0.344 e. The molecule has 0 N–H and O–H groups in total. The summed E-state index contributed by atoms with van der Waals surface area (Å²) in [5.74, 6) is 1.64. The van der Waals surface area contributed by atoms with Crippen LogP contribution in [-0.4, -0.2) is 22.6 Å². The van der Waals surface area contributed by atoms with Crippen molar-refractivity contribution in [1.82, 2.24) is 9.47 Å². The summed E-state index contributed by atoms with van der Waals surface area (Å²) in [6.45, 7) is 4.79. The van der Waals surface area contributed by atoms with E-state index in [2.05, 4.69) is 70.1 Å². The first-order valence-electron chi connectivity index (χ1n) is 8.70. The zero-order valence-corrected chi connectivity index (χ0v) is 13.4. The third kappa shape index (κ3) is 2.29. The molecule has 1 aromatic heterocycles. The molecule has 0 saturated carbocycles. The number of hydrogen-bond acceptors (Lipinski definition) is 1. The number of benzene rings is 2. The zero-order chi connectivity index (χ0) is 15.2. The highest BCUT2D eigenvalue weighted by atomic mass is 15.2. The van der Waals surface area contributed by atoms with Gasteiger partial charge in [-0.15, -0.1) is 0 Å². The quantitative estimate of drug-likeness (QED) is 0.696. The van der Waals surface area contributed by atoms with E-state index in [-0.39, 0.29) is 0 Å². The lowest BCUT2D eigenvalue weighted by Gasteiger charge is -2.27. The van der Waals surface area contributed by atoms with Gasteiger partial charge in [0.05, 0.1) is 0 Å². The number of nitrogens with zero attached hydrogens (tertiary/aromatic N) is 2. The Hall–Kier alpha value is -2.06. The van der Waals surface area contributed by atoms with Gasteiger partial charge in [-0.25, -0.2) is 0 Å². The van der Waals surface area contributed by atoms with Gasteiger partial charge < -0.3 is 4.57 Å². The van der Waals surface area contributed by atoms with E-state index in [0.717, 1.165) is 18.4 Å². The molecule has 0 spiro atoms. The molecule has 2 nitrogen and oxygen atoms in total. The van der Waals surface area contributed by atoms with Gasteiger partial charge >= 0.3 is 0 Å². The maximum atomic E-state index is 2.65. The maximum Gasteiger partial charge on any atom is 0.0482 e. The highest BCUT2D eigenvalue weighted by molar-refractivity contribution is 5.81. The molecule has 3 heterocycles. The summed E-state index contributed by atoms with van der Waals surface area (Å²) < 4.78 is 2.57. The molecule has 2 aliphatic heterocycles. The van der Waals surface area contributed by atoms with Crippen molar-refractivity contribution in [2.45, 2.75) is 19.5 Å². The molecule has 2 aromatic carbocycles. The fraction of sp³-hybridized carbons (Fsp3) is 0.333. The third-order valence-electron chi connectivity index (χ3n) is 5.69. The van der Waals surface area contributed by atoms with E-state index in [9.17, 15) is 0 Å². The summed E-state index contributed by atoms with van der Waals surface area (Å²) in [5, 5.41) is 1.41. The zero-order valence-electron chi connectivity index (χ0n) is 13.4. The molecule has 116 valence electrons. The van der Waals surface area contributed by atoms with Gasteiger partial charge in [-0.2, -0.15) is 0 Å². The lowest BCUT2D eigenvalue weighted by Crippen LogP contribution is -2.27. The SMILES string of the molecule is c1ccc(CN2C[C@H]3Cc4cc5ccccc5n4C[C@H]3C2)cc1. The van der Waals surface area contributed by atoms with Crippen LogP contribution in [0.4, 0.5) is 0 Å². The Kier molecular flexibility index (Phi) is 3.05. The van der Waals surface area contributed by atoms with Crippen molar-refractivity contribution >= 4 is 10.9 Å². The van der Waals surface area contributed by atoms with Gasteiger partial charge in [0.2, 0.25) is 0 Å². The Balaban J connectivity index is 1.38. The lowest BCUT2D eigenvalue weighted by atomic mass is 9.88. The number of likely N-dealkylation sites (tertiary alicyclic amines) is 1. The second kappa shape index (κ2) is 5.24. The second-order valence-corrected chi connectivity index (χ2v) is 7.21. The van der Waals surface area contributed by atoms with Crippen LogP contribution in [0, 0.1) is 11.8 Å². The van der Waals surface area contributed by atoms with Gasteiger partial charge in [-0.1, -0.05) is 48.5 Å². The van der Waals surface area contributed by atoms with E-state index in [1.165, 1.54) is 48.2 Å². The van der Waals surface area contributed by atoms with Gasteiger partial charge in [0.25, 0.3) is 0 Å². The van der Waals surface area contributed by atoms with E-state index in [4.69, 9.17) is 0 Å². The Morgan fingerprint density at radius 1 is 0.826 bits per heavy atom. The van der Waals surface area contributed by atoms with Crippen molar-refractivity contribution in [1.29, 1.82) is 0 Å². The van der Waals surface area contributed by atoms with Crippen molar-refractivity contribution in [2.24, 2.45) is 11.8 Å². The molecule has 3 aromatic rings. The topological polar surface area (TPSA) is 8.17 Å². The lowest BCUT2D eigenvalue weighted by molar-refractivity contribution is 0.309. The van der Waals surface area contributed by atoms with Gasteiger partial charge in [0, 0.05) is 37.4 Å². The second-order valence-electron chi connectivity index (χ2n) is 7.21. The largest absolute Gasteiger partial charge is 0.344 e. The third-order valence-corrected chi connectivity index (χ3v) is 5.69. The number of fused-ring (bicyclic) bond motifs is 4. The molecule has 0 aliphatic carbocycles. The Bertz CT molecular complexity index is 833. The molecule has 0 bridgehead atoms. The Morgan fingerprint density at radius 3 is 2.52 bits per heavy atom. The smallest absolute Gasteiger partial charge is 0.0482 e. The standard InChI is InChI=1S/C21H22N2/c1-2-6-16(7-3-1)12-22-13-18-11-20-10-17-8-4-5-9-21(17)23(20)15-19(18)14-22/h1-10,18-19H,11-15H2/t18-,19-/m1/s1. The van der Waals surface area contributed by atoms with Crippen LogP contribution in [0.3, 0.4) is 0 Å². The fourth-order valence-electron chi connectivity index (χ4n) is 4.60. The molecule has 5 rings (SSSR count). The minimum atomic E-state index is 0.807. The number of aromatic nitrogens is 1. The molecule has 0 radical (unpaired) electrons. The maximum absolute atomic E-state index is 2.65. The number of para-hydroxylation sites is 1. The average molecular weight is 302 g/mol. The molecule has 1 saturated heterocycles. The van der Waals surface area contributed by atoms with Crippen molar-refractivity contribution in [3.05, 3.63) is 71.9 Å². The predicted molar refractivity (Wildman–Crippen MR) is 94.3 cm³/mol. The van der Waals surface area contributed by atoms with Crippen LogP contribution in [0.1, 0.15) is 11.3 Å². The van der Waals surface area contributed by atoms with E-state index >= 15 is 0 Å². The Morgan fingerprint density at radius 2 is 1.61 bits per heavy atom. The van der Waals surface area contributed by atoms with Crippen LogP contribution >= 0.6 is 0 Å². The molecule has 23 heavy (non-hydrogen) atoms. The summed E-state index contributed by atoms with van der Waals surface area (Å²) in [6, 6.07) is 22.1. The summed E-state index contributed by atoms with van der Waals surface area (Å²) >= 11 is 0. The van der Waals surface area contributed by atoms with Crippen LogP contribution in [0.2, 0.25) is 0 Å². The van der Waals surface area contributed by atoms with Crippen molar-refractivity contribution in [2.75, 3.05) is 13.1 Å². The van der Waals surface area contributed by atoms with Crippen molar-refractivity contribution in [3.63, 3.8) is 0 Å². The van der Waals surface area contributed by atoms with E-state index in [1.807, 2.05) is 0 Å². The Labute approximate surface area is 137 Å². The molecule has 2 aliphatic rings. The molecular formula is C21H22N2. The van der Waals surface area contributed by atoms with E-state index in [0.29, 0.717) is 0 Å². The minimum absolute atomic E-state index is 0.807. The summed E-state index contributed by atoms with van der Waals surface area (Å²) in [5.41, 5.74) is 4.40. The van der Waals surface area contributed by atoms with Gasteiger partial charge in [0.15, 0.2) is 0 Å². The van der Waals surface area contributed by atoms with Gasteiger partial charge in [-0.3, -0.25) is 4.90 Å². The van der Waals surface area contributed by atoms with Crippen LogP contribution in [0.5, 0.6) is 0 Å². The molecule has 2 atom stereocenters. The summed E-state index contributed by atoms with van der Waals surface area (Å²) in [6.07, 6.45) is 1.24. The van der Waals surface area contributed by atoms with Crippen LogP contribution < -0.4 is 0 Å². The van der Waals surface area contributed by atoms with E-state index in [1.54, 1.807) is 0 Å². The van der Waals surface area contributed by atoms with Gasteiger partial charge in [0.1, 0.15) is 0 Å². The van der Waals surface area contributed by atoms with Crippen LogP contribution in [-0.2, 0) is 19.5 Å². The van der Waals surface area contributed by atoms with Crippen LogP contribution in [0.25, 0.3) is 10.9 Å². The normalized spacial score (nSPS) is 23.8. The first-order chi connectivity index (χ1) is 11.4. The number of rotatable bonds is 2. The monoisotopic (exact) mass is 302 g/mol. The first-order valence-corrected chi connectivity index (χ1v) is 8.70. The highest BCUT2D eigenvalue weighted by Crippen LogP contribution is 2.36. The summed E-state index contributed by atoms with van der Waals surface area (Å²) in [7, 11) is 0. The van der Waals surface area contributed by atoms with Gasteiger partial charge in [-0.05, 0) is 41.3 Å². The molecule has 0 amide bonds. The molecule has 0 unspecified atom stereocenters. The molecule has 2 heteroatoms. The predicted octanol–water partition coefficient (Wildman–Crippen LogP) is 3.95. The first kappa shape index (κ1) is 13.4. The van der Waals surface area contributed by atoms with Crippen LogP contribution in [0.15, 0.2) is 60.7 Å². The van der Waals surface area contributed by atoms with Crippen molar-refractivity contribution < 1.29 is 0 Å².